The van der Waals surface area contributed by atoms with E-state index in [2.05, 4.69) is 42.9 Å². The second-order valence-corrected chi connectivity index (χ2v) is 5.60. The van der Waals surface area contributed by atoms with Gasteiger partial charge in [0, 0.05) is 6.54 Å². The largest absolute Gasteiger partial charge is 0.476 e. The number of hydrogen-bond donors (Lipinski definition) is 2. The summed E-state index contributed by atoms with van der Waals surface area (Å²) in [6.45, 7) is 13.4. The molecule has 0 aliphatic heterocycles. The number of anilines is 2. The monoisotopic (exact) mass is 294 g/mol. The Morgan fingerprint density at radius 3 is 2.62 bits per heavy atom. The highest BCUT2D eigenvalue weighted by molar-refractivity contribution is 5.53. The minimum Gasteiger partial charge on any atom is -0.476 e. The second-order valence-electron chi connectivity index (χ2n) is 5.60. The Kier molecular flexibility index (Phi) is 7.90. The molecule has 5 nitrogen and oxygen atoms in total. The van der Waals surface area contributed by atoms with Crippen molar-refractivity contribution in [3.8, 4) is 5.88 Å². The fourth-order valence-corrected chi connectivity index (χ4v) is 1.97. The Morgan fingerprint density at radius 2 is 2.00 bits per heavy atom. The number of nitrogen functional groups attached to an aromatic ring is 1. The highest BCUT2D eigenvalue weighted by Crippen LogP contribution is 2.21. The Balaban J connectivity index is 2.43. The first-order chi connectivity index (χ1) is 10.1. The third kappa shape index (κ3) is 6.67. The maximum absolute atomic E-state index is 5.88. The van der Waals surface area contributed by atoms with Crippen LogP contribution in [0, 0.1) is 5.92 Å². The van der Waals surface area contributed by atoms with Crippen LogP contribution < -0.4 is 15.8 Å². The van der Waals surface area contributed by atoms with Crippen LogP contribution in [0.25, 0.3) is 0 Å². The van der Waals surface area contributed by atoms with Crippen molar-refractivity contribution in [2.45, 2.75) is 34.1 Å². The lowest BCUT2D eigenvalue weighted by Gasteiger charge is -2.18. The van der Waals surface area contributed by atoms with Gasteiger partial charge in [-0.1, -0.05) is 27.7 Å². The first kappa shape index (κ1) is 17.6. The predicted molar refractivity (Wildman–Crippen MR) is 89.9 cm³/mol. The van der Waals surface area contributed by atoms with Crippen LogP contribution in [-0.4, -0.2) is 42.7 Å². The predicted octanol–water partition coefficient (Wildman–Crippen LogP) is 2.84. The van der Waals surface area contributed by atoms with Crippen LogP contribution in [0.15, 0.2) is 12.1 Å². The van der Waals surface area contributed by atoms with Crippen LogP contribution >= 0.6 is 0 Å². The van der Waals surface area contributed by atoms with Crippen molar-refractivity contribution in [2.75, 3.05) is 43.8 Å². The standard InChI is InChI=1S/C16H30N4O/c1-5-20(6-2)11-7-10-18-15-9-8-14(17)16(19-15)21-12-13(3)4/h8-9,13H,5-7,10-12,17H2,1-4H3,(H,18,19). The van der Waals surface area contributed by atoms with Crippen molar-refractivity contribution in [1.82, 2.24) is 9.88 Å². The van der Waals surface area contributed by atoms with Crippen LogP contribution in [-0.2, 0) is 0 Å². The molecule has 0 aromatic carbocycles. The molecule has 1 heterocycles. The highest BCUT2D eigenvalue weighted by atomic mass is 16.5. The third-order valence-corrected chi connectivity index (χ3v) is 3.29. The minimum absolute atomic E-state index is 0.455. The molecule has 0 aliphatic rings. The molecule has 0 atom stereocenters. The minimum atomic E-state index is 0.455. The summed E-state index contributed by atoms with van der Waals surface area (Å²) in [6.07, 6.45) is 1.09. The van der Waals surface area contributed by atoms with Crippen molar-refractivity contribution in [3.63, 3.8) is 0 Å². The van der Waals surface area contributed by atoms with E-state index in [1.54, 1.807) is 0 Å². The third-order valence-electron chi connectivity index (χ3n) is 3.29. The van der Waals surface area contributed by atoms with Crippen molar-refractivity contribution < 1.29 is 4.74 Å². The van der Waals surface area contributed by atoms with Gasteiger partial charge in [0.1, 0.15) is 5.82 Å². The Labute approximate surface area is 128 Å². The van der Waals surface area contributed by atoms with Crippen molar-refractivity contribution >= 4 is 11.5 Å². The van der Waals surface area contributed by atoms with Gasteiger partial charge in [-0.25, -0.2) is 0 Å². The zero-order valence-corrected chi connectivity index (χ0v) is 13.9. The number of nitrogens with zero attached hydrogens (tertiary/aromatic N) is 2. The number of nitrogens with one attached hydrogen (secondary N) is 1. The number of rotatable bonds is 10. The number of aromatic nitrogens is 1. The van der Waals surface area contributed by atoms with Gasteiger partial charge in [-0.3, -0.25) is 0 Å². The van der Waals surface area contributed by atoms with E-state index in [0.29, 0.717) is 24.1 Å². The first-order valence-electron chi connectivity index (χ1n) is 7.92. The summed E-state index contributed by atoms with van der Waals surface area (Å²) in [4.78, 5) is 6.84. The van der Waals surface area contributed by atoms with Gasteiger partial charge in [-0.05, 0) is 44.1 Å². The summed E-state index contributed by atoms with van der Waals surface area (Å²) in [7, 11) is 0. The quantitative estimate of drug-likeness (QED) is 0.650. The number of ether oxygens (including phenoxy) is 1. The van der Waals surface area contributed by atoms with Crippen LogP contribution in [0.2, 0.25) is 0 Å². The second kappa shape index (κ2) is 9.45. The van der Waals surface area contributed by atoms with Gasteiger partial charge in [-0.2, -0.15) is 4.98 Å². The lowest BCUT2D eigenvalue weighted by molar-refractivity contribution is 0.263. The molecule has 5 heteroatoms. The molecule has 1 rings (SSSR count). The summed E-state index contributed by atoms with van der Waals surface area (Å²) >= 11 is 0. The van der Waals surface area contributed by atoms with E-state index in [-0.39, 0.29) is 0 Å². The molecule has 120 valence electrons. The van der Waals surface area contributed by atoms with E-state index in [1.807, 2.05) is 12.1 Å². The lowest BCUT2D eigenvalue weighted by atomic mass is 10.2. The first-order valence-corrected chi connectivity index (χ1v) is 7.92. The van der Waals surface area contributed by atoms with Crippen molar-refractivity contribution in [3.05, 3.63) is 12.1 Å². The summed E-state index contributed by atoms with van der Waals surface area (Å²) in [5.74, 6) is 1.80. The molecule has 0 spiro atoms. The number of hydrogen-bond acceptors (Lipinski definition) is 5. The molecule has 1 aromatic rings. The molecule has 0 radical (unpaired) electrons. The lowest BCUT2D eigenvalue weighted by Crippen LogP contribution is -2.25. The van der Waals surface area contributed by atoms with E-state index in [1.165, 1.54) is 0 Å². The van der Waals surface area contributed by atoms with Crippen LogP contribution in [0.5, 0.6) is 5.88 Å². The summed E-state index contributed by atoms with van der Waals surface area (Å²) in [5, 5.41) is 3.33. The Hall–Kier alpha value is -1.49. The zero-order valence-electron chi connectivity index (χ0n) is 13.9. The molecule has 0 saturated heterocycles. The molecule has 0 saturated carbocycles. The molecule has 0 amide bonds. The van der Waals surface area contributed by atoms with E-state index in [9.17, 15) is 0 Å². The van der Waals surface area contributed by atoms with E-state index in [0.717, 1.165) is 38.4 Å². The molecule has 0 fully saturated rings. The van der Waals surface area contributed by atoms with Crippen LogP contribution in [0.4, 0.5) is 11.5 Å². The molecular weight excluding hydrogens is 264 g/mol. The maximum Gasteiger partial charge on any atom is 0.239 e. The van der Waals surface area contributed by atoms with Crippen LogP contribution in [0.1, 0.15) is 34.1 Å². The fourth-order valence-electron chi connectivity index (χ4n) is 1.97. The Morgan fingerprint density at radius 1 is 1.29 bits per heavy atom. The topological polar surface area (TPSA) is 63.4 Å². The van der Waals surface area contributed by atoms with Gasteiger partial charge in [0.2, 0.25) is 5.88 Å². The summed E-state index contributed by atoms with van der Waals surface area (Å²) in [5.41, 5.74) is 6.47. The average molecular weight is 294 g/mol. The SMILES string of the molecule is CCN(CC)CCCNc1ccc(N)c(OCC(C)C)n1. The van der Waals surface area contributed by atoms with Gasteiger partial charge in [0.15, 0.2) is 0 Å². The Bertz CT molecular complexity index is 405. The zero-order chi connectivity index (χ0) is 15.7. The maximum atomic E-state index is 5.88. The van der Waals surface area contributed by atoms with Gasteiger partial charge >= 0.3 is 0 Å². The molecular formula is C16H30N4O. The van der Waals surface area contributed by atoms with Gasteiger partial charge < -0.3 is 20.7 Å². The number of nitrogens with two attached hydrogens (primary N) is 1. The molecule has 21 heavy (non-hydrogen) atoms. The molecule has 0 aliphatic carbocycles. The van der Waals surface area contributed by atoms with E-state index in [4.69, 9.17) is 10.5 Å². The molecule has 1 aromatic heterocycles. The highest BCUT2D eigenvalue weighted by Gasteiger charge is 2.06. The summed E-state index contributed by atoms with van der Waals surface area (Å²) < 4.78 is 5.63. The summed E-state index contributed by atoms with van der Waals surface area (Å²) in [6, 6.07) is 3.74. The van der Waals surface area contributed by atoms with Gasteiger partial charge in [0.25, 0.3) is 0 Å². The molecule has 0 bridgehead atoms. The average Bonchev–Trinajstić information content (AvgIpc) is 2.47. The normalized spacial score (nSPS) is 11.1. The van der Waals surface area contributed by atoms with Gasteiger partial charge in [0.05, 0.1) is 12.3 Å². The van der Waals surface area contributed by atoms with Crippen molar-refractivity contribution in [2.24, 2.45) is 5.92 Å². The van der Waals surface area contributed by atoms with E-state index < -0.39 is 0 Å². The molecule has 3 N–H and O–H groups in total. The molecule has 0 unspecified atom stereocenters. The van der Waals surface area contributed by atoms with E-state index >= 15 is 0 Å². The fraction of sp³-hybridized carbons (Fsp3) is 0.688. The number of pyridine rings is 1. The van der Waals surface area contributed by atoms with Gasteiger partial charge in [-0.15, -0.1) is 0 Å². The smallest absolute Gasteiger partial charge is 0.239 e. The van der Waals surface area contributed by atoms with Crippen molar-refractivity contribution in [1.29, 1.82) is 0 Å². The van der Waals surface area contributed by atoms with Crippen LogP contribution in [0.3, 0.4) is 0 Å².